The fourth-order valence-corrected chi connectivity index (χ4v) is 3.68. The van der Waals surface area contributed by atoms with Gasteiger partial charge < -0.3 is 15.7 Å². The summed E-state index contributed by atoms with van der Waals surface area (Å²) in [6.45, 7) is 3.98. The Bertz CT molecular complexity index is 675. The maximum absolute atomic E-state index is 12.3. The van der Waals surface area contributed by atoms with Crippen molar-refractivity contribution in [2.75, 3.05) is 19.6 Å². The fraction of sp³-hybridized carbons (Fsp3) is 0.500. The minimum atomic E-state index is -0.801. The summed E-state index contributed by atoms with van der Waals surface area (Å²) < 4.78 is 1.02. The summed E-state index contributed by atoms with van der Waals surface area (Å²) in [5.41, 5.74) is 0.740. The van der Waals surface area contributed by atoms with Crippen molar-refractivity contribution in [1.82, 2.24) is 15.6 Å². The number of carbonyl (C=O) groups excluding carboxylic acids is 1. The first-order valence-electron chi connectivity index (χ1n) is 7.64. The lowest BCUT2D eigenvalue weighted by atomic mass is 9.95. The number of nitrogens with zero attached hydrogens (tertiary/aromatic N) is 1. The van der Waals surface area contributed by atoms with E-state index in [1.165, 1.54) is 0 Å². The van der Waals surface area contributed by atoms with Crippen LogP contribution in [0.15, 0.2) is 18.2 Å². The number of nitrogens with one attached hydrogen (secondary N) is 2. The molecule has 0 radical (unpaired) electrons. The zero-order valence-corrected chi connectivity index (χ0v) is 13.5. The third-order valence-electron chi connectivity index (χ3n) is 4.10. The molecular formula is C16H21N3O2S. The summed E-state index contributed by atoms with van der Waals surface area (Å²) in [7, 11) is 0. The molecule has 5 nitrogen and oxygen atoms in total. The molecule has 2 aromatic rings. The first-order chi connectivity index (χ1) is 10.6. The topological polar surface area (TPSA) is 74.2 Å². The number of hydrogen-bond acceptors (Lipinski definition) is 5. The van der Waals surface area contributed by atoms with Crippen molar-refractivity contribution in [3.63, 3.8) is 0 Å². The predicted molar refractivity (Wildman–Crippen MR) is 88.4 cm³/mol. The normalized spacial score (nSPS) is 22.5. The van der Waals surface area contributed by atoms with Crippen LogP contribution in [0, 0.1) is 6.92 Å². The number of aliphatic hydroxyl groups is 1. The molecule has 22 heavy (non-hydrogen) atoms. The van der Waals surface area contributed by atoms with E-state index in [-0.39, 0.29) is 5.91 Å². The van der Waals surface area contributed by atoms with E-state index >= 15 is 0 Å². The summed E-state index contributed by atoms with van der Waals surface area (Å²) in [5, 5.41) is 17.7. The number of thiazole rings is 1. The number of aryl methyl sites for hydroxylation is 1. The zero-order valence-electron chi connectivity index (χ0n) is 12.7. The molecule has 0 spiro atoms. The number of hydrogen-bond donors (Lipinski definition) is 3. The molecule has 0 aliphatic carbocycles. The molecule has 118 valence electrons. The maximum Gasteiger partial charge on any atom is 0.251 e. The Labute approximate surface area is 133 Å². The minimum absolute atomic E-state index is 0.140. The molecule has 1 aromatic carbocycles. The Balaban J connectivity index is 1.67. The smallest absolute Gasteiger partial charge is 0.251 e. The molecular weight excluding hydrogens is 298 g/mol. The van der Waals surface area contributed by atoms with Crippen molar-refractivity contribution < 1.29 is 9.90 Å². The van der Waals surface area contributed by atoms with Crippen LogP contribution in [-0.4, -0.2) is 41.2 Å². The third kappa shape index (κ3) is 3.45. The average Bonchev–Trinajstić information content (AvgIpc) is 2.73. The number of carbonyl (C=O) groups is 1. The Kier molecular flexibility index (Phi) is 4.42. The van der Waals surface area contributed by atoms with E-state index < -0.39 is 5.60 Å². The van der Waals surface area contributed by atoms with E-state index in [2.05, 4.69) is 15.6 Å². The second-order valence-corrected chi connectivity index (χ2v) is 7.16. The van der Waals surface area contributed by atoms with Crippen LogP contribution in [0.25, 0.3) is 10.2 Å². The van der Waals surface area contributed by atoms with Gasteiger partial charge in [-0.05, 0) is 57.5 Å². The SMILES string of the molecule is Cc1nc2ccc(C(=O)NCC3(O)CCCNCC3)cc2s1. The standard InChI is InChI=1S/C16H21N3O2S/c1-11-19-13-4-3-12(9-14(13)22-11)15(20)18-10-16(21)5-2-7-17-8-6-16/h3-4,9,17,21H,2,5-8,10H2,1H3,(H,18,20). The van der Waals surface area contributed by atoms with Gasteiger partial charge in [0.05, 0.1) is 20.8 Å². The number of rotatable bonds is 3. The van der Waals surface area contributed by atoms with E-state index in [1.807, 2.05) is 19.1 Å². The van der Waals surface area contributed by atoms with E-state index in [4.69, 9.17) is 0 Å². The van der Waals surface area contributed by atoms with Crippen LogP contribution in [0.3, 0.4) is 0 Å². The first kappa shape index (κ1) is 15.4. The van der Waals surface area contributed by atoms with Gasteiger partial charge in [-0.15, -0.1) is 11.3 Å². The molecule has 2 heterocycles. The lowest BCUT2D eigenvalue weighted by Crippen LogP contribution is -2.43. The van der Waals surface area contributed by atoms with E-state index in [9.17, 15) is 9.90 Å². The van der Waals surface area contributed by atoms with Crippen molar-refractivity contribution in [2.45, 2.75) is 31.8 Å². The maximum atomic E-state index is 12.3. The van der Waals surface area contributed by atoms with Gasteiger partial charge in [-0.1, -0.05) is 0 Å². The van der Waals surface area contributed by atoms with Crippen molar-refractivity contribution in [1.29, 1.82) is 0 Å². The molecule has 1 saturated heterocycles. The molecule has 1 aliphatic heterocycles. The van der Waals surface area contributed by atoms with Gasteiger partial charge in [-0.3, -0.25) is 4.79 Å². The van der Waals surface area contributed by atoms with Gasteiger partial charge in [-0.2, -0.15) is 0 Å². The van der Waals surface area contributed by atoms with Crippen LogP contribution in [-0.2, 0) is 0 Å². The van der Waals surface area contributed by atoms with Gasteiger partial charge in [0.2, 0.25) is 0 Å². The first-order valence-corrected chi connectivity index (χ1v) is 8.46. The van der Waals surface area contributed by atoms with Crippen molar-refractivity contribution in [3.05, 3.63) is 28.8 Å². The summed E-state index contributed by atoms with van der Waals surface area (Å²) in [6.07, 6.45) is 2.31. The Morgan fingerprint density at radius 1 is 1.45 bits per heavy atom. The van der Waals surface area contributed by atoms with E-state index in [0.717, 1.165) is 34.7 Å². The Morgan fingerprint density at radius 3 is 3.18 bits per heavy atom. The van der Waals surface area contributed by atoms with Crippen molar-refractivity contribution in [2.24, 2.45) is 0 Å². The van der Waals surface area contributed by atoms with Crippen LogP contribution in [0.2, 0.25) is 0 Å². The number of amides is 1. The van der Waals surface area contributed by atoms with Gasteiger partial charge in [-0.25, -0.2) is 4.98 Å². The highest BCUT2D eigenvalue weighted by atomic mass is 32.1. The van der Waals surface area contributed by atoms with Crippen molar-refractivity contribution >= 4 is 27.5 Å². The molecule has 0 saturated carbocycles. The summed E-state index contributed by atoms with van der Waals surface area (Å²) >= 11 is 1.58. The Morgan fingerprint density at radius 2 is 2.32 bits per heavy atom. The Hall–Kier alpha value is -1.50. The molecule has 1 aliphatic rings. The number of benzene rings is 1. The molecule has 1 atom stereocenters. The summed E-state index contributed by atoms with van der Waals surface area (Å²) in [5.74, 6) is -0.140. The van der Waals surface area contributed by atoms with Gasteiger partial charge >= 0.3 is 0 Å². The second-order valence-electron chi connectivity index (χ2n) is 5.93. The van der Waals surface area contributed by atoms with Gasteiger partial charge in [0.25, 0.3) is 5.91 Å². The third-order valence-corrected chi connectivity index (χ3v) is 5.03. The highest BCUT2D eigenvalue weighted by Crippen LogP contribution is 2.23. The molecule has 1 aromatic heterocycles. The molecule has 1 amide bonds. The highest BCUT2D eigenvalue weighted by Gasteiger charge is 2.28. The van der Waals surface area contributed by atoms with Gasteiger partial charge in [0.1, 0.15) is 0 Å². The van der Waals surface area contributed by atoms with Crippen LogP contribution in [0.1, 0.15) is 34.6 Å². The van der Waals surface area contributed by atoms with Gasteiger partial charge in [0.15, 0.2) is 0 Å². The molecule has 3 N–H and O–H groups in total. The monoisotopic (exact) mass is 319 g/mol. The lowest BCUT2D eigenvalue weighted by molar-refractivity contribution is 0.0276. The fourth-order valence-electron chi connectivity index (χ4n) is 2.82. The quantitative estimate of drug-likeness (QED) is 0.807. The van der Waals surface area contributed by atoms with Crippen LogP contribution < -0.4 is 10.6 Å². The summed E-state index contributed by atoms with van der Waals surface area (Å²) in [6, 6.07) is 5.53. The lowest BCUT2D eigenvalue weighted by Gasteiger charge is -2.26. The average molecular weight is 319 g/mol. The van der Waals surface area contributed by atoms with E-state index in [1.54, 1.807) is 17.4 Å². The van der Waals surface area contributed by atoms with Crippen LogP contribution in [0.4, 0.5) is 0 Å². The molecule has 6 heteroatoms. The van der Waals surface area contributed by atoms with Crippen molar-refractivity contribution in [3.8, 4) is 0 Å². The molecule has 3 rings (SSSR count). The summed E-state index contributed by atoms with van der Waals surface area (Å²) in [4.78, 5) is 16.7. The number of aromatic nitrogens is 1. The van der Waals surface area contributed by atoms with E-state index in [0.29, 0.717) is 24.9 Å². The van der Waals surface area contributed by atoms with Gasteiger partial charge in [0, 0.05) is 12.1 Å². The molecule has 1 fully saturated rings. The highest BCUT2D eigenvalue weighted by molar-refractivity contribution is 7.18. The van der Waals surface area contributed by atoms with Crippen LogP contribution >= 0.6 is 11.3 Å². The predicted octanol–water partition coefficient (Wildman–Crippen LogP) is 1.84. The second kappa shape index (κ2) is 6.32. The largest absolute Gasteiger partial charge is 0.388 e. The molecule has 0 bridgehead atoms. The van der Waals surface area contributed by atoms with Crippen LogP contribution in [0.5, 0.6) is 0 Å². The minimum Gasteiger partial charge on any atom is -0.388 e. The molecule has 1 unspecified atom stereocenters. The zero-order chi connectivity index (χ0) is 15.6. The number of fused-ring (bicyclic) bond motifs is 1.